The number of aryl methyl sites for hydroxylation is 1. The maximum absolute atomic E-state index is 12.0. The van der Waals surface area contributed by atoms with Crippen LogP contribution in [-0.2, 0) is 7.05 Å². The fourth-order valence-electron chi connectivity index (χ4n) is 1.68. The Labute approximate surface area is 104 Å². The standard InChI is InChI=1S/C13H13N3O2/c1-9(17)10-5-3-4-6-11(10)15-13(18)12-7-8-14-16(12)2/h3-8H,1-2H3,(H,15,18). The highest BCUT2D eigenvalue weighted by molar-refractivity contribution is 6.08. The minimum absolute atomic E-state index is 0.0871. The summed E-state index contributed by atoms with van der Waals surface area (Å²) in [6, 6.07) is 8.53. The van der Waals surface area contributed by atoms with Gasteiger partial charge in [0.15, 0.2) is 5.78 Å². The number of para-hydroxylation sites is 1. The van der Waals surface area contributed by atoms with Crippen molar-refractivity contribution in [2.24, 2.45) is 7.05 Å². The molecule has 0 unspecified atom stereocenters. The molecule has 1 heterocycles. The van der Waals surface area contributed by atoms with Gasteiger partial charge in [-0.05, 0) is 25.1 Å². The molecule has 0 bridgehead atoms. The average molecular weight is 243 g/mol. The highest BCUT2D eigenvalue weighted by atomic mass is 16.2. The summed E-state index contributed by atoms with van der Waals surface area (Å²) in [5.41, 5.74) is 1.44. The molecule has 0 aliphatic carbocycles. The molecule has 0 atom stereocenters. The van der Waals surface area contributed by atoms with Crippen molar-refractivity contribution in [1.82, 2.24) is 9.78 Å². The number of carbonyl (C=O) groups excluding carboxylic acids is 2. The Morgan fingerprint density at radius 3 is 2.56 bits per heavy atom. The Morgan fingerprint density at radius 1 is 1.22 bits per heavy atom. The van der Waals surface area contributed by atoms with E-state index in [2.05, 4.69) is 10.4 Å². The van der Waals surface area contributed by atoms with Crippen molar-refractivity contribution in [3.8, 4) is 0 Å². The lowest BCUT2D eigenvalue weighted by atomic mass is 10.1. The second-order valence-electron chi connectivity index (χ2n) is 3.90. The van der Waals surface area contributed by atoms with E-state index in [1.807, 2.05) is 0 Å². The number of benzene rings is 1. The van der Waals surface area contributed by atoms with Crippen LogP contribution in [0, 0.1) is 0 Å². The zero-order valence-corrected chi connectivity index (χ0v) is 10.2. The Kier molecular flexibility index (Phi) is 3.23. The predicted molar refractivity (Wildman–Crippen MR) is 67.6 cm³/mol. The van der Waals surface area contributed by atoms with Crippen LogP contribution in [0.4, 0.5) is 5.69 Å². The lowest BCUT2D eigenvalue weighted by Crippen LogP contribution is -2.17. The molecule has 0 aliphatic heterocycles. The van der Waals surface area contributed by atoms with E-state index < -0.39 is 0 Å². The van der Waals surface area contributed by atoms with Gasteiger partial charge < -0.3 is 5.32 Å². The number of anilines is 1. The Morgan fingerprint density at radius 2 is 1.94 bits per heavy atom. The Hall–Kier alpha value is -2.43. The molecule has 0 radical (unpaired) electrons. The van der Waals surface area contributed by atoms with Crippen molar-refractivity contribution >= 4 is 17.4 Å². The van der Waals surface area contributed by atoms with Crippen LogP contribution in [0.25, 0.3) is 0 Å². The molecule has 92 valence electrons. The van der Waals surface area contributed by atoms with Gasteiger partial charge in [-0.2, -0.15) is 5.10 Å². The fraction of sp³-hybridized carbons (Fsp3) is 0.154. The second-order valence-corrected chi connectivity index (χ2v) is 3.90. The highest BCUT2D eigenvalue weighted by Crippen LogP contribution is 2.16. The van der Waals surface area contributed by atoms with Crippen molar-refractivity contribution in [3.63, 3.8) is 0 Å². The lowest BCUT2D eigenvalue weighted by Gasteiger charge is -2.08. The normalized spacial score (nSPS) is 10.1. The third kappa shape index (κ3) is 2.29. The SMILES string of the molecule is CC(=O)c1ccccc1NC(=O)c1ccnn1C. The molecule has 18 heavy (non-hydrogen) atoms. The summed E-state index contributed by atoms with van der Waals surface area (Å²) in [7, 11) is 1.69. The molecule has 5 nitrogen and oxygen atoms in total. The van der Waals surface area contributed by atoms with E-state index in [0.717, 1.165) is 0 Å². The summed E-state index contributed by atoms with van der Waals surface area (Å²) in [5, 5.41) is 6.64. The number of aromatic nitrogens is 2. The van der Waals surface area contributed by atoms with Gasteiger partial charge in [-0.15, -0.1) is 0 Å². The van der Waals surface area contributed by atoms with Gasteiger partial charge in [0.05, 0.1) is 5.69 Å². The quantitative estimate of drug-likeness (QED) is 0.837. The van der Waals surface area contributed by atoms with E-state index >= 15 is 0 Å². The Bertz CT molecular complexity index is 602. The van der Waals surface area contributed by atoms with Gasteiger partial charge >= 0.3 is 0 Å². The third-order valence-corrected chi connectivity index (χ3v) is 2.61. The van der Waals surface area contributed by atoms with Crippen molar-refractivity contribution in [2.45, 2.75) is 6.92 Å². The van der Waals surface area contributed by atoms with E-state index in [-0.39, 0.29) is 11.7 Å². The summed E-state index contributed by atoms with van der Waals surface area (Å²) in [6.45, 7) is 1.47. The number of rotatable bonds is 3. The van der Waals surface area contributed by atoms with Crippen molar-refractivity contribution in [2.75, 3.05) is 5.32 Å². The number of amides is 1. The van der Waals surface area contributed by atoms with Gasteiger partial charge in [0.25, 0.3) is 5.91 Å². The van der Waals surface area contributed by atoms with E-state index in [9.17, 15) is 9.59 Å². The maximum Gasteiger partial charge on any atom is 0.273 e. The van der Waals surface area contributed by atoms with Crippen LogP contribution < -0.4 is 5.32 Å². The van der Waals surface area contributed by atoms with Gasteiger partial charge in [-0.3, -0.25) is 14.3 Å². The Balaban J connectivity index is 2.28. The van der Waals surface area contributed by atoms with Crippen LogP contribution in [-0.4, -0.2) is 21.5 Å². The lowest BCUT2D eigenvalue weighted by molar-refractivity contribution is 0.101. The van der Waals surface area contributed by atoms with E-state index in [0.29, 0.717) is 16.9 Å². The number of Topliss-reactive ketones (excluding diaryl/α,β-unsaturated/α-hetero) is 1. The first-order chi connectivity index (χ1) is 8.59. The molecule has 0 fully saturated rings. The summed E-state index contributed by atoms with van der Waals surface area (Å²) in [4.78, 5) is 23.4. The highest BCUT2D eigenvalue weighted by Gasteiger charge is 2.13. The van der Waals surface area contributed by atoms with E-state index in [1.54, 1.807) is 43.6 Å². The number of hydrogen-bond acceptors (Lipinski definition) is 3. The fourth-order valence-corrected chi connectivity index (χ4v) is 1.68. The molecular weight excluding hydrogens is 230 g/mol. The van der Waals surface area contributed by atoms with Gasteiger partial charge in [-0.25, -0.2) is 0 Å². The first kappa shape index (κ1) is 12.0. The van der Waals surface area contributed by atoms with Gasteiger partial charge in [-0.1, -0.05) is 12.1 Å². The van der Waals surface area contributed by atoms with Crippen LogP contribution in [0.1, 0.15) is 27.8 Å². The number of nitrogens with one attached hydrogen (secondary N) is 1. The smallest absolute Gasteiger partial charge is 0.273 e. The molecule has 1 aromatic heterocycles. The monoisotopic (exact) mass is 243 g/mol. The predicted octanol–water partition coefficient (Wildman–Crippen LogP) is 1.87. The maximum atomic E-state index is 12.0. The number of nitrogens with zero attached hydrogens (tertiary/aromatic N) is 2. The molecule has 5 heteroatoms. The molecule has 2 aromatic rings. The summed E-state index contributed by atoms with van der Waals surface area (Å²) in [6.07, 6.45) is 1.55. The summed E-state index contributed by atoms with van der Waals surface area (Å²) < 4.78 is 1.48. The van der Waals surface area contributed by atoms with Crippen molar-refractivity contribution in [1.29, 1.82) is 0 Å². The molecule has 0 aliphatic rings. The third-order valence-electron chi connectivity index (χ3n) is 2.61. The second kappa shape index (κ2) is 4.83. The van der Waals surface area contributed by atoms with Crippen LogP contribution in [0.5, 0.6) is 0 Å². The number of hydrogen-bond donors (Lipinski definition) is 1. The largest absolute Gasteiger partial charge is 0.320 e. The topological polar surface area (TPSA) is 64.0 Å². The molecule has 1 aromatic carbocycles. The molecular formula is C13H13N3O2. The zero-order chi connectivity index (χ0) is 13.1. The van der Waals surface area contributed by atoms with Crippen LogP contribution >= 0.6 is 0 Å². The average Bonchev–Trinajstić information content (AvgIpc) is 2.76. The number of carbonyl (C=O) groups is 2. The van der Waals surface area contributed by atoms with Crippen LogP contribution in [0.3, 0.4) is 0 Å². The minimum atomic E-state index is -0.288. The van der Waals surface area contributed by atoms with E-state index in [4.69, 9.17) is 0 Å². The molecule has 1 N–H and O–H groups in total. The van der Waals surface area contributed by atoms with Crippen molar-refractivity contribution in [3.05, 3.63) is 47.8 Å². The molecule has 0 saturated heterocycles. The van der Waals surface area contributed by atoms with Crippen LogP contribution in [0.2, 0.25) is 0 Å². The molecule has 0 spiro atoms. The van der Waals surface area contributed by atoms with Gasteiger partial charge in [0.2, 0.25) is 0 Å². The number of ketones is 1. The van der Waals surface area contributed by atoms with Crippen LogP contribution in [0.15, 0.2) is 36.5 Å². The van der Waals surface area contributed by atoms with Gasteiger partial charge in [0, 0.05) is 18.8 Å². The van der Waals surface area contributed by atoms with Gasteiger partial charge in [0.1, 0.15) is 5.69 Å². The zero-order valence-electron chi connectivity index (χ0n) is 10.2. The van der Waals surface area contributed by atoms with Crippen molar-refractivity contribution < 1.29 is 9.59 Å². The summed E-state index contributed by atoms with van der Waals surface area (Å²) >= 11 is 0. The molecule has 0 saturated carbocycles. The first-order valence-electron chi connectivity index (χ1n) is 5.49. The first-order valence-corrected chi connectivity index (χ1v) is 5.49. The molecule has 2 rings (SSSR count). The molecule has 1 amide bonds. The summed E-state index contributed by atoms with van der Waals surface area (Å²) in [5.74, 6) is -0.375. The minimum Gasteiger partial charge on any atom is -0.320 e. The van der Waals surface area contributed by atoms with E-state index in [1.165, 1.54) is 11.6 Å².